The second-order valence-corrected chi connectivity index (χ2v) is 7.09. The lowest BCUT2D eigenvalue weighted by atomic mass is 9.78. The van der Waals surface area contributed by atoms with Crippen molar-refractivity contribution >= 4 is 22.0 Å². The van der Waals surface area contributed by atoms with Crippen LogP contribution in [0.15, 0.2) is 30.2 Å². The standard InChI is InChI=1S/C16H19N5S/c1-12-19-14(15-21(12)9-10-22-15)16(2)3-7-20(8-4-16)13-11-17-5-6-18-13/h5-6,9-11H,3-4,7-8H2,1-2H3. The van der Waals surface area contributed by atoms with Crippen molar-refractivity contribution in [3.8, 4) is 0 Å². The van der Waals surface area contributed by atoms with Crippen molar-refractivity contribution in [2.75, 3.05) is 18.0 Å². The summed E-state index contributed by atoms with van der Waals surface area (Å²) in [6.45, 7) is 6.43. The first-order valence-corrected chi connectivity index (χ1v) is 8.49. The number of anilines is 1. The largest absolute Gasteiger partial charge is 0.355 e. The minimum absolute atomic E-state index is 0.142. The Balaban J connectivity index is 1.60. The molecule has 114 valence electrons. The molecule has 0 unspecified atom stereocenters. The van der Waals surface area contributed by atoms with E-state index >= 15 is 0 Å². The molecule has 0 radical (unpaired) electrons. The SMILES string of the molecule is Cc1nc(C2(C)CCN(c3cnccn3)CC2)c2sccn12. The minimum Gasteiger partial charge on any atom is -0.355 e. The normalized spacial score (nSPS) is 18.0. The molecule has 22 heavy (non-hydrogen) atoms. The van der Waals surface area contributed by atoms with E-state index in [1.165, 1.54) is 10.5 Å². The van der Waals surface area contributed by atoms with Gasteiger partial charge in [-0.1, -0.05) is 6.92 Å². The number of hydrogen-bond donors (Lipinski definition) is 0. The van der Waals surface area contributed by atoms with Crippen molar-refractivity contribution in [1.29, 1.82) is 0 Å². The first-order chi connectivity index (χ1) is 10.7. The van der Waals surface area contributed by atoms with Crippen LogP contribution in [0.25, 0.3) is 4.83 Å². The molecule has 1 aliphatic heterocycles. The molecule has 0 aromatic carbocycles. The third-order valence-electron chi connectivity index (χ3n) is 4.75. The topological polar surface area (TPSA) is 46.3 Å². The zero-order valence-corrected chi connectivity index (χ0v) is 13.7. The molecule has 0 bridgehead atoms. The maximum atomic E-state index is 4.87. The van der Waals surface area contributed by atoms with Crippen LogP contribution < -0.4 is 4.90 Å². The zero-order chi connectivity index (χ0) is 15.2. The van der Waals surface area contributed by atoms with Crippen LogP contribution in [-0.4, -0.2) is 32.4 Å². The van der Waals surface area contributed by atoms with Crippen molar-refractivity contribution in [2.24, 2.45) is 0 Å². The summed E-state index contributed by atoms with van der Waals surface area (Å²) in [5.41, 5.74) is 1.40. The second kappa shape index (κ2) is 5.05. The second-order valence-electron chi connectivity index (χ2n) is 6.20. The third kappa shape index (κ3) is 2.09. The van der Waals surface area contributed by atoms with E-state index in [9.17, 15) is 0 Å². The summed E-state index contributed by atoms with van der Waals surface area (Å²) in [6.07, 6.45) is 9.63. The van der Waals surface area contributed by atoms with Gasteiger partial charge in [0.05, 0.1) is 11.9 Å². The lowest BCUT2D eigenvalue weighted by Gasteiger charge is -2.38. The van der Waals surface area contributed by atoms with Crippen LogP contribution in [0.5, 0.6) is 0 Å². The molecule has 0 amide bonds. The number of fused-ring (bicyclic) bond motifs is 1. The Hall–Kier alpha value is -1.95. The Kier molecular flexibility index (Phi) is 3.14. The summed E-state index contributed by atoms with van der Waals surface area (Å²) >= 11 is 1.79. The van der Waals surface area contributed by atoms with Crippen molar-refractivity contribution in [3.05, 3.63) is 41.7 Å². The highest BCUT2D eigenvalue weighted by Gasteiger charge is 2.36. The number of aromatic nitrogens is 4. The fourth-order valence-electron chi connectivity index (χ4n) is 3.28. The maximum absolute atomic E-state index is 4.87. The smallest absolute Gasteiger partial charge is 0.147 e. The predicted octanol–water partition coefficient (Wildman–Crippen LogP) is 3.05. The predicted molar refractivity (Wildman–Crippen MR) is 88.6 cm³/mol. The van der Waals surface area contributed by atoms with E-state index in [0.717, 1.165) is 37.6 Å². The van der Waals surface area contributed by atoms with Gasteiger partial charge in [0.2, 0.25) is 0 Å². The van der Waals surface area contributed by atoms with Gasteiger partial charge in [0.1, 0.15) is 16.5 Å². The highest BCUT2D eigenvalue weighted by Crippen LogP contribution is 2.39. The van der Waals surface area contributed by atoms with E-state index in [-0.39, 0.29) is 5.41 Å². The van der Waals surface area contributed by atoms with Crippen LogP contribution in [0, 0.1) is 6.92 Å². The Morgan fingerprint density at radius 1 is 1.23 bits per heavy atom. The van der Waals surface area contributed by atoms with Crippen molar-refractivity contribution in [3.63, 3.8) is 0 Å². The molecule has 6 heteroatoms. The van der Waals surface area contributed by atoms with E-state index in [2.05, 4.69) is 44.7 Å². The number of rotatable bonds is 2. The minimum atomic E-state index is 0.142. The zero-order valence-electron chi connectivity index (χ0n) is 12.9. The van der Waals surface area contributed by atoms with Gasteiger partial charge in [-0.2, -0.15) is 0 Å². The summed E-state index contributed by atoms with van der Waals surface area (Å²) < 4.78 is 2.21. The van der Waals surface area contributed by atoms with Crippen LogP contribution in [0.4, 0.5) is 5.82 Å². The summed E-state index contributed by atoms with van der Waals surface area (Å²) in [7, 11) is 0. The molecule has 4 rings (SSSR count). The number of nitrogens with zero attached hydrogens (tertiary/aromatic N) is 5. The van der Waals surface area contributed by atoms with E-state index in [1.54, 1.807) is 23.7 Å². The summed E-state index contributed by atoms with van der Waals surface area (Å²) in [5, 5.41) is 2.14. The molecule has 3 aromatic rings. The molecule has 0 saturated carbocycles. The molecule has 1 aliphatic rings. The van der Waals surface area contributed by atoms with Gasteiger partial charge in [-0.15, -0.1) is 11.3 Å². The Bertz CT molecular complexity index is 783. The summed E-state index contributed by atoms with van der Waals surface area (Å²) in [5.74, 6) is 2.07. The van der Waals surface area contributed by atoms with Crippen molar-refractivity contribution in [1.82, 2.24) is 19.4 Å². The molecular weight excluding hydrogens is 294 g/mol. The van der Waals surface area contributed by atoms with Gasteiger partial charge in [0.25, 0.3) is 0 Å². The average Bonchev–Trinajstić information content (AvgIpc) is 3.13. The molecule has 0 spiro atoms. The quantitative estimate of drug-likeness (QED) is 0.729. The maximum Gasteiger partial charge on any atom is 0.147 e. The molecule has 0 atom stereocenters. The van der Waals surface area contributed by atoms with Gasteiger partial charge in [0, 0.05) is 42.5 Å². The van der Waals surface area contributed by atoms with Crippen molar-refractivity contribution < 1.29 is 0 Å². The highest BCUT2D eigenvalue weighted by molar-refractivity contribution is 7.15. The number of aryl methyl sites for hydroxylation is 1. The molecule has 3 aromatic heterocycles. The molecule has 0 aliphatic carbocycles. The van der Waals surface area contributed by atoms with Gasteiger partial charge in [-0.05, 0) is 19.8 Å². The van der Waals surface area contributed by atoms with Crippen LogP contribution in [0.3, 0.4) is 0 Å². The Labute approximate surface area is 133 Å². The fourth-order valence-corrected chi connectivity index (χ4v) is 4.30. The Morgan fingerprint density at radius 3 is 2.77 bits per heavy atom. The lowest BCUT2D eigenvalue weighted by molar-refractivity contribution is 0.356. The molecule has 1 fully saturated rings. The molecule has 5 nitrogen and oxygen atoms in total. The summed E-state index contributed by atoms with van der Waals surface area (Å²) in [4.78, 5) is 17.1. The number of thiazole rings is 1. The molecule has 0 N–H and O–H groups in total. The van der Waals surface area contributed by atoms with Crippen molar-refractivity contribution in [2.45, 2.75) is 32.1 Å². The Morgan fingerprint density at radius 2 is 2.05 bits per heavy atom. The van der Waals surface area contributed by atoms with Gasteiger partial charge < -0.3 is 4.90 Å². The number of piperidine rings is 1. The lowest BCUT2D eigenvalue weighted by Crippen LogP contribution is -2.41. The number of hydrogen-bond acceptors (Lipinski definition) is 5. The van der Waals surface area contributed by atoms with Gasteiger partial charge in [-0.3, -0.25) is 9.38 Å². The van der Waals surface area contributed by atoms with Crippen LogP contribution in [0.1, 0.15) is 31.3 Å². The van der Waals surface area contributed by atoms with Gasteiger partial charge in [0.15, 0.2) is 0 Å². The van der Waals surface area contributed by atoms with E-state index < -0.39 is 0 Å². The first kappa shape index (κ1) is 13.7. The van der Waals surface area contributed by atoms with Gasteiger partial charge >= 0.3 is 0 Å². The van der Waals surface area contributed by atoms with E-state index in [1.807, 2.05) is 6.20 Å². The van der Waals surface area contributed by atoms with E-state index in [4.69, 9.17) is 4.98 Å². The highest BCUT2D eigenvalue weighted by atomic mass is 32.1. The summed E-state index contributed by atoms with van der Waals surface area (Å²) in [6, 6.07) is 0. The monoisotopic (exact) mass is 313 g/mol. The van der Waals surface area contributed by atoms with Crippen LogP contribution >= 0.6 is 11.3 Å². The molecule has 4 heterocycles. The fraction of sp³-hybridized carbons (Fsp3) is 0.438. The number of imidazole rings is 1. The van der Waals surface area contributed by atoms with Crippen LogP contribution in [0.2, 0.25) is 0 Å². The van der Waals surface area contributed by atoms with Gasteiger partial charge in [-0.25, -0.2) is 9.97 Å². The first-order valence-electron chi connectivity index (χ1n) is 7.61. The molecule has 1 saturated heterocycles. The third-order valence-corrected chi connectivity index (χ3v) is 5.62. The van der Waals surface area contributed by atoms with Crippen LogP contribution in [-0.2, 0) is 5.41 Å². The average molecular weight is 313 g/mol. The van der Waals surface area contributed by atoms with E-state index in [0.29, 0.717) is 0 Å². The molecular formula is C16H19N5S.